The highest BCUT2D eigenvalue weighted by Crippen LogP contribution is 2.39. The zero-order valence-electron chi connectivity index (χ0n) is 32.8. The van der Waals surface area contributed by atoms with Crippen molar-refractivity contribution in [3.63, 3.8) is 0 Å². The standard InChI is InChI=1S/C47H46BN5O2/c1-27(2)35-11-9-12-36(28(3)4)45(35)31-21-50-52(25-31)33-15-17-41-39(19-33)48-40-20-34(16-18-42(40)55-44-24-49-23-43(54-41)47(44)48)53-26-32(22-51-53)46-37(29(5)6)13-10-14-38(46)30(7)8/h9-30H,1-8H3. The van der Waals surface area contributed by atoms with Crippen LogP contribution in [-0.4, -0.2) is 31.3 Å². The van der Waals surface area contributed by atoms with Gasteiger partial charge in [0.1, 0.15) is 23.0 Å². The second-order valence-corrected chi connectivity index (χ2v) is 16.2. The maximum absolute atomic E-state index is 6.53. The minimum absolute atomic E-state index is 0.145. The van der Waals surface area contributed by atoms with Crippen molar-refractivity contribution in [3.05, 3.63) is 132 Å². The molecule has 2 aliphatic heterocycles. The second-order valence-electron chi connectivity index (χ2n) is 16.2. The van der Waals surface area contributed by atoms with E-state index in [1.54, 1.807) is 12.4 Å². The fraction of sp³-hybridized carbons (Fsp3) is 0.255. The Hall–Kier alpha value is -5.89. The summed E-state index contributed by atoms with van der Waals surface area (Å²) in [5.74, 6) is 4.57. The molecule has 0 unspecified atom stereocenters. The van der Waals surface area contributed by atoms with E-state index < -0.39 is 0 Å². The lowest BCUT2D eigenvalue weighted by atomic mass is 9.35. The summed E-state index contributed by atoms with van der Waals surface area (Å²) >= 11 is 0. The van der Waals surface area contributed by atoms with Crippen molar-refractivity contribution in [2.45, 2.75) is 79.1 Å². The molecule has 7 nitrogen and oxygen atoms in total. The summed E-state index contributed by atoms with van der Waals surface area (Å²) in [7, 11) is 0. The quantitative estimate of drug-likeness (QED) is 0.146. The van der Waals surface area contributed by atoms with E-state index in [1.165, 1.54) is 33.4 Å². The summed E-state index contributed by atoms with van der Waals surface area (Å²) in [6.45, 7) is 17.9. The van der Waals surface area contributed by atoms with Crippen LogP contribution in [0.2, 0.25) is 0 Å². The van der Waals surface area contributed by atoms with Gasteiger partial charge in [0.2, 0.25) is 0 Å². The van der Waals surface area contributed by atoms with Gasteiger partial charge in [-0.05, 0) is 104 Å². The van der Waals surface area contributed by atoms with E-state index in [0.717, 1.165) is 50.4 Å². The highest BCUT2D eigenvalue weighted by atomic mass is 16.5. The van der Waals surface area contributed by atoms with Crippen LogP contribution >= 0.6 is 0 Å². The molecule has 9 rings (SSSR count). The number of hydrogen-bond acceptors (Lipinski definition) is 5. The lowest BCUT2D eigenvalue weighted by Crippen LogP contribution is -2.57. The summed E-state index contributed by atoms with van der Waals surface area (Å²) in [4.78, 5) is 4.48. The first-order chi connectivity index (χ1) is 26.6. The molecule has 7 aromatic rings. The number of fused-ring (bicyclic) bond motifs is 4. The van der Waals surface area contributed by atoms with Crippen molar-refractivity contribution < 1.29 is 9.47 Å². The Morgan fingerprint density at radius 1 is 0.491 bits per heavy atom. The first-order valence-electron chi connectivity index (χ1n) is 19.5. The average Bonchev–Trinajstić information content (AvgIpc) is 3.88. The van der Waals surface area contributed by atoms with Gasteiger partial charge in [-0.15, -0.1) is 0 Å². The zero-order chi connectivity index (χ0) is 38.1. The molecule has 0 N–H and O–H groups in total. The van der Waals surface area contributed by atoms with E-state index in [1.807, 2.05) is 21.8 Å². The molecule has 0 radical (unpaired) electrons. The molecule has 3 aromatic heterocycles. The van der Waals surface area contributed by atoms with Crippen molar-refractivity contribution in [1.82, 2.24) is 24.5 Å². The van der Waals surface area contributed by atoms with Gasteiger partial charge in [-0.25, -0.2) is 9.36 Å². The minimum atomic E-state index is -0.145. The van der Waals surface area contributed by atoms with Crippen LogP contribution < -0.4 is 25.9 Å². The molecule has 0 atom stereocenters. The van der Waals surface area contributed by atoms with Gasteiger partial charge < -0.3 is 9.47 Å². The molecule has 0 fully saturated rings. The SMILES string of the molecule is CC(C)c1cccc(C(C)C)c1-c1cnn(-c2ccc3c(c2)B2c4cc(-n5cc(-c6c(C(C)C)cccc6C(C)C)cn5)ccc4Oc4cncc(c42)O3)c1. The fourth-order valence-corrected chi connectivity index (χ4v) is 8.54. The fourth-order valence-electron chi connectivity index (χ4n) is 8.54. The van der Waals surface area contributed by atoms with Crippen molar-refractivity contribution in [1.29, 1.82) is 0 Å². The molecule has 2 aliphatic rings. The van der Waals surface area contributed by atoms with E-state index in [4.69, 9.17) is 19.7 Å². The molecule has 5 heterocycles. The normalized spacial score (nSPS) is 12.9. The molecule has 0 amide bonds. The van der Waals surface area contributed by atoms with Gasteiger partial charge in [0.25, 0.3) is 6.71 Å². The highest BCUT2D eigenvalue weighted by Gasteiger charge is 2.41. The van der Waals surface area contributed by atoms with Crippen LogP contribution in [0, 0.1) is 0 Å². The molecule has 274 valence electrons. The minimum Gasteiger partial charge on any atom is -0.457 e. The van der Waals surface area contributed by atoms with E-state index >= 15 is 0 Å². The molecule has 55 heavy (non-hydrogen) atoms. The molecular formula is C47H46BN5O2. The summed E-state index contributed by atoms with van der Waals surface area (Å²) in [5.41, 5.74) is 15.2. The van der Waals surface area contributed by atoms with Crippen LogP contribution in [-0.2, 0) is 0 Å². The maximum Gasteiger partial charge on any atom is 0.261 e. The molecule has 8 heteroatoms. The van der Waals surface area contributed by atoms with Crippen LogP contribution in [0.4, 0.5) is 0 Å². The van der Waals surface area contributed by atoms with Gasteiger partial charge in [0.15, 0.2) is 0 Å². The summed E-state index contributed by atoms with van der Waals surface area (Å²) in [6, 6.07) is 26.1. The number of aromatic nitrogens is 5. The van der Waals surface area contributed by atoms with Crippen molar-refractivity contribution >= 4 is 23.1 Å². The van der Waals surface area contributed by atoms with Crippen LogP contribution in [0.3, 0.4) is 0 Å². The lowest BCUT2D eigenvalue weighted by Gasteiger charge is -2.32. The Morgan fingerprint density at radius 3 is 1.27 bits per heavy atom. The monoisotopic (exact) mass is 723 g/mol. The number of benzene rings is 4. The molecular weight excluding hydrogens is 677 g/mol. The summed E-state index contributed by atoms with van der Waals surface area (Å²) < 4.78 is 17.0. The third-order valence-corrected chi connectivity index (χ3v) is 11.3. The third-order valence-electron chi connectivity index (χ3n) is 11.3. The number of rotatable bonds is 8. The van der Waals surface area contributed by atoms with Crippen molar-refractivity contribution in [2.75, 3.05) is 0 Å². The summed E-state index contributed by atoms with van der Waals surface area (Å²) in [5, 5.41) is 9.86. The van der Waals surface area contributed by atoms with Crippen LogP contribution in [0.1, 0.15) is 101 Å². The van der Waals surface area contributed by atoms with E-state index in [2.05, 4.69) is 146 Å². The number of ether oxygens (including phenoxy) is 2. The first-order valence-corrected chi connectivity index (χ1v) is 19.5. The van der Waals surface area contributed by atoms with Crippen LogP contribution in [0.5, 0.6) is 23.0 Å². The van der Waals surface area contributed by atoms with Crippen LogP contribution in [0.25, 0.3) is 33.6 Å². The van der Waals surface area contributed by atoms with Gasteiger partial charge in [-0.2, -0.15) is 10.2 Å². The molecule has 0 spiro atoms. The van der Waals surface area contributed by atoms with Crippen LogP contribution in [0.15, 0.2) is 110 Å². The van der Waals surface area contributed by atoms with Crippen molar-refractivity contribution in [2.24, 2.45) is 0 Å². The van der Waals surface area contributed by atoms with E-state index in [-0.39, 0.29) is 6.71 Å². The summed E-state index contributed by atoms with van der Waals surface area (Å²) in [6.07, 6.45) is 11.9. The number of nitrogens with zero attached hydrogens (tertiary/aromatic N) is 5. The Kier molecular flexibility index (Phi) is 8.52. The van der Waals surface area contributed by atoms with E-state index in [0.29, 0.717) is 35.2 Å². The highest BCUT2D eigenvalue weighted by molar-refractivity contribution is 6.98. The topological polar surface area (TPSA) is 67.0 Å². The molecule has 0 bridgehead atoms. The van der Waals surface area contributed by atoms with E-state index in [9.17, 15) is 0 Å². The third kappa shape index (κ3) is 5.86. The Balaban J connectivity index is 1.14. The predicted molar refractivity (Wildman–Crippen MR) is 223 cm³/mol. The van der Waals surface area contributed by atoms with Gasteiger partial charge in [0.05, 0.1) is 36.2 Å². The molecule has 0 saturated carbocycles. The zero-order valence-corrected chi connectivity index (χ0v) is 32.8. The Bertz CT molecular complexity index is 2370. The largest absolute Gasteiger partial charge is 0.457 e. The molecule has 0 aliphatic carbocycles. The number of hydrogen-bond donors (Lipinski definition) is 0. The van der Waals surface area contributed by atoms with Gasteiger partial charge in [0, 0.05) is 29.0 Å². The maximum atomic E-state index is 6.53. The Labute approximate surface area is 324 Å². The van der Waals surface area contributed by atoms with Gasteiger partial charge >= 0.3 is 0 Å². The van der Waals surface area contributed by atoms with Crippen molar-refractivity contribution in [3.8, 4) is 56.6 Å². The second kappa shape index (κ2) is 13.4. The molecule has 4 aromatic carbocycles. The smallest absolute Gasteiger partial charge is 0.261 e. The average molecular weight is 724 g/mol. The lowest BCUT2D eigenvalue weighted by molar-refractivity contribution is 0.460. The predicted octanol–water partition coefficient (Wildman–Crippen LogP) is 10.0. The Morgan fingerprint density at radius 2 is 0.891 bits per heavy atom. The first kappa shape index (κ1) is 34.9. The number of pyridine rings is 1. The van der Waals surface area contributed by atoms with Gasteiger partial charge in [-0.1, -0.05) is 91.8 Å². The molecule has 0 saturated heterocycles. The van der Waals surface area contributed by atoms with Gasteiger partial charge in [-0.3, -0.25) is 4.98 Å².